The maximum Gasteiger partial charge on any atom is 0.113 e. The molecule has 0 fully saturated rings. The molecule has 0 N–H and O–H groups in total. The number of fused-ring (bicyclic) bond motifs is 5. The van der Waals surface area contributed by atoms with E-state index in [2.05, 4.69) is 102 Å². The van der Waals surface area contributed by atoms with Gasteiger partial charge < -0.3 is 4.57 Å². The van der Waals surface area contributed by atoms with Crippen molar-refractivity contribution < 1.29 is 0 Å². The number of para-hydroxylation sites is 1. The Labute approximate surface area is 190 Å². The van der Waals surface area contributed by atoms with E-state index in [0.29, 0.717) is 0 Å². The second kappa shape index (κ2) is 7.01. The summed E-state index contributed by atoms with van der Waals surface area (Å²) in [4.78, 5) is 9.58. The van der Waals surface area contributed by atoms with Gasteiger partial charge in [-0.2, -0.15) is 0 Å². The van der Waals surface area contributed by atoms with Crippen LogP contribution in [0.5, 0.6) is 0 Å². The summed E-state index contributed by atoms with van der Waals surface area (Å²) in [6.07, 6.45) is 3.56. The molecule has 3 heteroatoms. The van der Waals surface area contributed by atoms with E-state index in [1.54, 1.807) is 12.4 Å². The zero-order valence-corrected chi connectivity index (χ0v) is 17.8. The van der Waals surface area contributed by atoms with Gasteiger partial charge in [0, 0.05) is 28.7 Å². The maximum atomic E-state index is 4.82. The quantitative estimate of drug-likeness (QED) is 0.289. The first kappa shape index (κ1) is 18.1. The van der Waals surface area contributed by atoms with Gasteiger partial charge in [-0.05, 0) is 46.7 Å². The lowest BCUT2D eigenvalue weighted by Gasteiger charge is -2.13. The van der Waals surface area contributed by atoms with Crippen molar-refractivity contribution in [3.8, 4) is 16.8 Å². The summed E-state index contributed by atoms with van der Waals surface area (Å²) in [5.41, 5.74) is 7.43. The normalized spacial score (nSPS) is 11.6. The fourth-order valence-corrected chi connectivity index (χ4v) is 4.99. The van der Waals surface area contributed by atoms with Crippen LogP contribution in [0.4, 0.5) is 0 Å². The Kier molecular flexibility index (Phi) is 3.84. The lowest BCUT2D eigenvalue weighted by atomic mass is 10.0. The Hall–Kier alpha value is -4.50. The van der Waals surface area contributed by atoms with E-state index in [0.717, 1.165) is 27.8 Å². The van der Waals surface area contributed by atoms with Gasteiger partial charge in [-0.25, -0.2) is 0 Å². The third-order valence-corrected chi connectivity index (χ3v) is 6.47. The molecular formula is C30H19N3. The van der Waals surface area contributed by atoms with Crippen molar-refractivity contribution in [3.05, 3.63) is 116 Å². The maximum absolute atomic E-state index is 4.82. The van der Waals surface area contributed by atoms with Crippen LogP contribution in [0.1, 0.15) is 0 Å². The number of benzene rings is 5. The molecule has 7 rings (SSSR count). The second-order valence-corrected chi connectivity index (χ2v) is 8.32. The monoisotopic (exact) mass is 421 g/mol. The van der Waals surface area contributed by atoms with Gasteiger partial charge in [0.15, 0.2) is 0 Å². The van der Waals surface area contributed by atoms with Crippen LogP contribution in [0, 0.1) is 0 Å². The highest BCUT2D eigenvalue weighted by Crippen LogP contribution is 2.37. The minimum absolute atomic E-state index is 0.898. The predicted molar refractivity (Wildman–Crippen MR) is 137 cm³/mol. The van der Waals surface area contributed by atoms with E-state index in [1.807, 2.05) is 6.07 Å². The first-order valence-electron chi connectivity index (χ1n) is 11.1. The van der Waals surface area contributed by atoms with Crippen LogP contribution in [-0.2, 0) is 0 Å². The van der Waals surface area contributed by atoms with Crippen molar-refractivity contribution in [2.45, 2.75) is 0 Å². The molecule has 2 aromatic heterocycles. The number of hydrogen-bond donors (Lipinski definition) is 0. The van der Waals surface area contributed by atoms with Gasteiger partial charge in [-0.1, -0.05) is 72.8 Å². The number of aromatic nitrogens is 3. The molecule has 0 saturated carbocycles. The molecule has 0 unspecified atom stereocenters. The van der Waals surface area contributed by atoms with Crippen LogP contribution >= 0.6 is 0 Å². The first-order chi connectivity index (χ1) is 16.4. The van der Waals surface area contributed by atoms with Crippen molar-refractivity contribution >= 4 is 43.6 Å². The topological polar surface area (TPSA) is 30.7 Å². The number of rotatable bonds is 2. The molecule has 154 valence electrons. The predicted octanol–water partition coefficient (Wildman–Crippen LogP) is 7.55. The van der Waals surface area contributed by atoms with E-state index < -0.39 is 0 Å². The minimum atomic E-state index is 0.898. The highest BCUT2D eigenvalue weighted by Gasteiger charge is 2.17. The summed E-state index contributed by atoms with van der Waals surface area (Å²) < 4.78 is 2.34. The van der Waals surface area contributed by atoms with Crippen LogP contribution in [0.25, 0.3) is 60.4 Å². The standard InChI is InChI=1S/C30H19N3/c1-2-8-20(9-3-1)23-14-15-27(30-29(23)31-16-17-32-30)33-26-13-7-6-12-24(26)25-18-21-10-4-5-11-22(21)19-28(25)33/h1-19H. The van der Waals surface area contributed by atoms with E-state index in [-0.39, 0.29) is 0 Å². The molecule has 0 amide bonds. The Morgan fingerprint density at radius 2 is 1.21 bits per heavy atom. The highest BCUT2D eigenvalue weighted by molar-refractivity contribution is 6.14. The molecule has 33 heavy (non-hydrogen) atoms. The summed E-state index contributed by atoms with van der Waals surface area (Å²) in [6, 6.07) is 36.5. The largest absolute Gasteiger partial charge is 0.307 e. The molecule has 5 aromatic carbocycles. The van der Waals surface area contributed by atoms with Crippen molar-refractivity contribution in [2.75, 3.05) is 0 Å². The summed E-state index contributed by atoms with van der Waals surface area (Å²) >= 11 is 0. The first-order valence-corrected chi connectivity index (χ1v) is 11.1. The van der Waals surface area contributed by atoms with Crippen molar-refractivity contribution in [3.63, 3.8) is 0 Å². The molecule has 0 spiro atoms. The van der Waals surface area contributed by atoms with E-state index in [9.17, 15) is 0 Å². The molecule has 2 heterocycles. The molecule has 0 aliphatic rings. The molecule has 0 bridgehead atoms. The fraction of sp³-hybridized carbons (Fsp3) is 0. The smallest absolute Gasteiger partial charge is 0.113 e. The van der Waals surface area contributed by atoms with Gasteiger partial charge in [-0.3, -0.25) is 9.97 Å². The Morgan fingerprint density at radius 1 is 0.515 bits per heavy atom. The van der Waals surface area contributed by atoms with Crippen LogP contribution in [0.15, 0.2) is 116 Å². The average Bonchev–Trinajstić information content (AvgIpc) is 3.20. The Morgan fingerprint density at radius 3 is 2.06 bits per heavy atom. The van der Waals surface area contributed by atoms with Crippen LogP contribution in [-0.4, -0.2) is 14.5 Å². The van der Waals surface area contributed by atoms with E-state index in [4.69, 9.17) is 9.97 Å². The molecular weight excluding hydrogens is 402 g/mol. The SMILES string of the molecule is c1ccc(-c2ccc(-n3c4ccccc4c4cc5ccccc5cc43)c3nccnc23)cc1. The summed E-state index contributed by atoms with van der Waals surface area (Å²) in [7, 11) is 0. The summed E-state index contributed by atoms with van der Waals surface area (Å²) in [6.45, 7) is 0. The number of nitrogens with zero attached hydrogens (tertiary/aromatic N) is 3. The molecule has 0 atom stereocenters. The second-order valence-electron chi connectivity index (χ2n) is 8.32. The zero-order chi connectivity index (χ0) is 21.8. The fourth-order valence-electron chi connectivity index (χ4n) is 4.99. The van der Waals surface area contributed by atoms with Crippen LogP contribution in [0.3, 0.4) is 0 Å². The average molecular weight is 422 g/mol. The van der Waals surface area contributed by atoms with E-state index >= 15 is 0 Å². The molecule has 0 saturated heterocycles. The summed E-state index contributed by atoms with van der Waals surface area (Å²) in [5.74, 6) is 0. The highest BCUT2D eigenvalue weighted by atomic mass is 15.0. The lowest BCUT2D eigenvalue weighted by molar-refractivity contribution is 1.17. The third kappa shape index (κ3) is 2.69. The Balaban J connectivity index is 1.62. The molecule has 3 nitrogen and oxygen atoms in total. The zero-order valence-electron chi connectivity index (χ0n) is 17.8. The van der Waals surface area contributed by atoms with Gasteiger partial charge in [0.25, 0.3) is 0 Å². The van der Waals surface area contributed by atoms with E-state index in [1.165, 1.54) is 32.6 Å². The van der Waals surface area contributed by atoms with Gasteiger partial charge >= 0.3 is 0 Å². The van der Waals surface area contributed by atoms with Gasteiger partial charge in [0.1, 0.15) is 5.52 Å². The third-order valence-electron chi connectivity index (χ3n) is 6.47. The van der Waals surface area contributed by atoms with Crippen LogP contribution in [0.2, 0.25) is 0 Å². The molecule has 7 aromatic rings. The van der Waals surface area contributed by atoms with Gasteiger partial charge in [-0.15, -0.1) is 0 Å². The number of hydrogen-bond acceptors (Lipinski definition) is 2. The molecule has 0 radical (unpaired) electrons. The molecule has 0 aliphatic heterocycles. The van der Waals surface area contributed by atoms with Gasteiger partial charge in [0.05, 0.1) is 22.2 Å². The van der Waals surface area contributed by atoms with Gasteiger partial charge in [0.2, 0.25) is 0 Å². The minimum Gasteiger partial charge on any atom is -0.307 e. The van der Waals surface area contributed by atoms with Crippen molar-refractivity contribution in [1.29, 1.82) is 0 Å². The summed E-state index contributed by atoms with van der Waals surface area (Å²) in [5, 5.41) is 4.96. The molecule has 0 aliphatic carbocycles. The Bertz CT molecular complexity index is 1810. The lowest BCUT2D eigenvalue weighted by Crippen LogP contribution is -1.99. The van der Waals surface area contributed by atoms with Crippen molar-refractivity contribution in [1.82, 2.24) is 14.5 Å². The van der Waals surface area contributed by atoms with Crippen LogP contribution < -0.4 is 0 Å². The van der Waals surface area contributed by atoms with Crippen molar-refractivity contribution in [2.24, 2.45) is 0 Å².